The van der Waals surface area contributed by atoms with E-state index in [4.69, 9.17) is 9.47 Å². The summed E-state index contributed by atoms with van der Waals surface area (Å²) in [5.41, 5.74) is 1.25. The van der Waals surface area contributed by atoms with E-state index in [2.05, 4.69) is 18.4 Å². The quantitative estimate of drug-likeness (QED) is 0.680. The summed E-state index contributed by atoms with van der Waals surface area (Å²) in [5.74, 6) is 0. The first kappa shape index (κ1) is 10.7. The largest absolute Gasteiger partial charge is 0.348 e. The molecule has 0 fully saturated rings. The van der Waals surface area contributed by atoms with Gasteiger partial charge in [-0.15, -0.1) is 11.3 Å². The molecule has 1 rings (SSSR count). The average molecular weight is 200 g/mol. The Morgan fingerprint density at radius 1 is 1.31 bits per heavy atom. The topological polar surface area (TPSA) is 18.5 Å². The third-order valence-electron chi connectivity index (χ3n) is 1.75. The molecule has 0 spiro atoms. The fourth-order valence-electron chi connectivity index (χ4n) is 1.13. The van der Waals surface area contributed by atoms with Gasteiger partial charge in [0.15, 0.2) is 6.29 Å². The molecular weight excluding hydrogens is 184 g/mol. The molecule has 0 bridgehead atoms. The second-order valence-corrected chi connectivity index (χ2v) is 3.66. The minimum absolute atomic E-state index is 0.171. The van der Waals surface area contributed by atoms with Crippen LogP contribution in [0.4, 0.5) is 0 Å². The highest BCUT2D eigenvalue weighted by molar-refractivity contribution is 7.10. The van der Waals surface area contributed by atoms with E-state index in [1.54, 1.807) is 11.3 Å². The minimum atomic E-state index is -0.171. The van der Waals surface area contributed by atoms with Crippen molar-refractivity contribution in [3.8, 4) is 0 Å². The van der Waals surface area contributed by atoms with Gasteiger partial charge in [-0.2, -0.15) is 0 Å². The van der Waals surface area contributed by atoms with Gasteiger partial charge in [-0.3, -0.25) is 0 Å². The van der Waals surface area contributed by atoms with Crippen LogP contribution in [0.1, 0.15) is 30.6 Å². The fraction of sp³-hybridized carbons (Fsp3) is 0.600. The predicted molar refractivity (Wildman–Crippen MR) is 55.0 cm³/mol. The Balaban J connectivity index is 2.69. The molecule has 0 aromatic carbocycles. The van der Waals surface area contributed by atoms with Crippen LogP contribution >= 0.6 is 11.3 Å². The van der Waals surface area contributed by atoms with Gasteiger partial charge >= 0.3 is 0 Å². The molecule has 3 heteroatoms. The SMILES string of the molecule is CCOC(OCC)c1sccc1C. The van der Waals surface area contributed by atoms with Crippen LogP contribution in [-0.2, 0) is 9.47 Å². The fourth-order valence-corrected chi connectivity index (χ4v) is 2.05. The molecule has 0 atom stereocenters. The summed E-state index contributed by atoms with van der Waals surface area (Å²) in [7, 11) is 0. The van der Waals surface area contributed by atoms with Crippen molar-refractivity contribution >= 4 is 11.3 Å². The van der Waals surface area contributed by atoms with Gasteiger partial charge < -0.3 is 9.47 Å². The molecule has 0 saturated heterocycles. The van der Waals surface area contributed by atoms with Crippen LogP contribution in [-0.4, -0.2) is 13.2 Å². The number of hydrogen-bond acceptors (Lipinski definition) is 3. The number of thiophene rings is 1. The Morgan fingerprint density at radius 3 is 2.31 bits per heavy atom. The lowest BCUT2D eigenvalue weighted by Gasteiger charge is -2.16. The summed E-state index contributed by atoms with van der Waals surface area (Å²) in [6.45, 7) is 7.41. The monoisotopic (exact) mass is 200 g/mol. The van der Waals surface area contributed by atoms with Crippen LogP contribution < -0.4 is 0 Å². The van der Waals surface area contributed by atoms with Gasteiger partial charge in [0.2, 0.25) is 0 Å². The second kappa shape index (κ2) is 5.37. The third kappa shape index (κ3) is 2.79. The molecule has 2 nitrogen and oxygen atoms in total. The van der Waals surface area contributed by atoms with Crippen molar-refractivity contribution in [2.45, 2.75) is 27.1 Å². The van der Waals surface area contributed by atoms with Gasteiger partial charge in [-0.1, -0.05) is 0 Å². The van der Waals surface area contributed by atoms with Crippen molar-refractivity contribution in [3.63, 3.8) is 0 Å². The van der Waals surface area contributed by atoms with Crippen LogP contribution in [0.25, 0.3) is 0 Å². The molecule has 1 aromatic heterocycles. The number of aryl methyl sites for hydroxylation is 1. The summed E-state index contributed by atoms with van der Waals surface area (Å²) < 4.78 is 11.0. The van der Waals surface area contributed by atoms with E-state index in [1.165, 1.54) is 10.4 Å². The molecule has 0 amide bonds. The zero-order valence-electron chi connectivity index (χ0n) is 8.37. The van der Waals surface area contributed by atoms with Crippen LogP contribution in [0.5, 0.6) is 0 Å². The smallest absolute Gasteiger partial charge is 0.193 e. The van der Waals surface area contributed by atoms with Gasteiger partial charge in [0.05, 0.1) is 4.88 Å². The Hall–Kier alpha value is -0.380. The molecular formula is C10H16O2S. The Labute approximate surface area is 83.5 Å². The Kier molecular flexibility index (Phi) is 4.42. The number of ether oxygens (including phenoxy) is 2. The zero-order chi connectivity index (χ0) is 9.68. The van der Waals surface area contributed by atoms with Crippen molar-refractivity contribution in [3.05, 3.63) is 21.9 Å². The Bertz CT molecular complexity index is 239. The van der Waals surface area contributed by atoms with E-state index < -0.39 is 0 Å². The van der Waals surface area contributed by atoms with Gasteiger partial charge in [-0.05, 0) is 37.8 Å². The molecule has 1 aromatic rings. The van der Waals surface area contributed by atoms with Crippen LogP contribution in [0.3, 0.4) is 0 Å². The molecule has 13 heavy (non-hydrogen) atoms. The highest BCUT2D eigenvalue weighted by Gasteiger charge is 2.14. The van der Waals surface area contributed by atoms with Crippen molar-refractivity contribution in [2.75, 3.05) is 13.2 Å². The molecule has 74 valence electrons. The third-order valence-corrected chi connectivity index (χ3v) is 2.79. The standard InChI is InChI=1S/C10H16O2S/c1-4-11-10(12-5-2)9-8(3)6-7-13-9/h6-7,10H,4-5H2,1-3H3. The molecule has 0 radical (unpaired) electrons. The first-order valence-electron chi connectivity index (χ1n) is 4.56. The molecule has 0 N–H and O–H groups in total. The lowest BCUT2D eigenvalue weighted by Crippen LogP contribution is -2.08. The van der Waals surface area contributed by atoms with Gasteiger partial charge in [0, 0.05) is 13.2 Å². The van der Waals surface area contributed by atoms with Crippen molar-refractivity contribution < 1.29 is 9.47 Å². The first-order valence-corrected chi connectivity index (χ1v) is 5.44. The van der Waals surface area contributed by atoms with E-state index >= 15 is 0 Å². The number of hydrogen-bond donors (Lipinski definition) is 0. The Morgan fingerprint density at radius 2 is 1.92 bits per heavy atom. The lowest BCUT2D eigenvalue weighted by molar-refractivity contribution is -0.138. The molecule has 0 saturated carbocycles. The maximum atomic E-state index is 5.50. The summed E-state index contributed by atoms with van der Waals surface area (Å²) >= 11 is 1.69. The van der Waals surface area contributed by atoms with Crippen LogP contribution in [0.15, 0.2) is 11.4 Å². The van der Waals surface area contributed by atoms with Gasteiger partial charge in [0.1, 0.15) is 0 Å². The van der Waals surface area contributed by atoms with Crippen LogP contribution in [0.2, 0.25) is 0 Å². The van der Waals surface area contributed by atoms with Crippen LogP contribution in [0, 0.1) is 6.92 Å². The lowest BCUT2D eigenvalue weighted by atomic mass is 10.3. The van der Waals surface area contributed by atoms with E-state index in [1.807, 2.05) is 13.8 Å². The number of rotatable bonds is 5. The average Bonchev–Trinajstić information content (AvgIpc) is 2.51. The minimum Gasteiger partial charge on any atom is -0.348 e. The van der Waals surface area contributed by atoms with E-state index in [0.29, 0.717) is 13.2 Å². The summed E-state index contributed by atoms with van der Waals surface area (Å²) in [6, 6.07) is 2.09. The van der Waals surface area contributed by atoms with E-state index in [-0.39, 0.29) is 6.29 Å². The second-order valence-electron chi connectivity index (χ2n) is 2.71. The highest BCUT2D eigenvalue weighted by Crippen LogP contribution is 2.27. The summed E-state index contributed by atoms with van der Waals surface area (Å²) in [4.78, 5) is 1.18. The van der Waals surface area contributed by atoms with Gasteiger partial charge in [0.25, 0.3) is 0 Å². The molecule has 0 aliphatic rings. The maximum Gasteiger partial charge on any atom is 0.193 e. The van der Waals surface area contributed by atoms with Crippen molar-refractivity contribution in [2.24, 2.45) is 0 Å². The highest BCUT2D eigenvalue weighted by atomic mass is 32.1. The molecule has 0 unspecified atom stereocenters. The van der Waals surface area contributed by atoms with E-state index in [0.717, 1.165) is 0 Å². The zero-order valence-corrected chi connectivity index (χ0v) is 9.19. The first-order chi connectivity index (χ1) is 6.29. The van der Waals surface area contributed by atoms with E-state index in [9.17, 15) is 0 Å². The van der Waals surface area contributed by atoms with Gasteiger partial charge in [-0.25, -0.2) is 0 Å². The van der Waals surface area contributed by atoms with Crippen molar-refractivity contribution in [1.82, 2.24) is 0 Å². The molecule has 0 aliphatic carbocycles. The molecule has 0 aliphatic heterocycles. The van der Waals surface area contributed by atoms with Crippen molar-refractivity contribution in [1.29, 1.82) is 0 Å². The normalized spacial score (nSPS) is 11.1. The predicted octanol–water partition coefficient (Wildman–Crippen LogP) is 3.13. The summed E-state index contributed by atoms with van der Waals surface area (Å²) in [6.07, 6.45) is -0.171. The molecule has 1 heterocycles. The summed E-state index contributed by atoms with van der Waals surface area (Å²) in [5, 5.41) is 2.07. The maximum absolute atomic E-state index is 5.50.